The second-order valence-electron chi connectivity index (χ2n) is 4.56. The van der Waals surface area contributed by atoms with E-state index in [9.17, 15) is 0 Å². The zero-order chi connectivity index (χ0) is 15.4. The van der Waals surface area contributed by atoms with Crippen LogP contribution >= 0.6 is 57.1 Å². The van der Waals surface area contributed by atoms with Gasteiger partial charge in [0.25, 0.3) is 0 Å². The summed E-state index contributed by atoms with van der Waals surface area (Å²) in [5.74, 6) is 0. The van der Waals surface area contributed by atoms with Crippen LogP contribution in [0.3, 0.4) is 0 Å². The van der Waals surface area contributed by atoms with Crippen LogP contribution in [0.1, 0.15) is 10.6 Å². The third kappa shape index (κ3) is 4.08. The number of hydrogen-bond donors (Lipinski definition) is 0. The summed E-state index contributed by atoms with van der Waals surface area (Å²) in [5, 5.41) is 1.03. The van der Waals surface area contributed by atoms with Gasteiger partial charge in [0, 0.05) is 0 Å². The molecule has 0 bridgehead atoms. The second kappa shape index (κ2) is 7.56. The molecule has 0 aliphatic heterocycles. The van der Waals surface area contributed by atoms with E-state index in [-0.39, 0.29) is 0 Å². The highest BCUT2D eigenvalue weighted by atomic mass is 127. The number of hydrogen-bond acceptors (Lipinski definition) is 3. The van der Waals surface area contributed by atoms with Gasteiger partial charge in [0.2, 0.25) is 0 Å². The van der Waals surface area contributed by atoms with Gasteiger partial charge in [-0.3, -0.25) is 1.33 Å². The fraction of sp³-hybridized carbons (Fsp3) is 0. The van der Waals surface area contributed by atoms with Crippen LogP contribution in [0.2, 0.25) is 0 Å². The predicted octanol–water partition coefficient (Wildman–Crippen LogP) is 6.53. The minimum absolute atomic E-state index is 1.03. The summed E-state index contributed by atoms with van der Waals surface area (Å²) in [6.45, 7) is 0. The molecule has 2 aromatic carbocycles. The van der Waals surface area contributed by atoms with Gasteiger partial charge in [-0.05, 0) is 35.9 Å². The zero-order valence-corrected chi connectivity index (χ0v) is 16.6. The normalized spacial score (nSPS) is 11.7. The number of aromatic nitrogens is 1. The van der Waals surface area contributed by atoms with E-state index >= 15 is 0 Å². The highest BCUT2D eigenvalue weighted by Crippen LogP contribution is 2.24. The predicted molar refractivity (Wildman–Crippen MR) is 115 cm³/mol. The first-order valence-corrected chi connectivity index (χ1v) is 9.39. The van der Waals surface area contributed by atoms with Gasteiger partial charge < -0.3 is 0 Å². The summed E-state index contributed by atoms with van der Waals surface area (Å²) >= 11 is 6.21. The topological polar surface area (TPSA) is 16.1 Å². The number of allylic oxidation sites excluding steroid dienone is 2. The van der Waals surface area contributed by atoms with Crippen LogP contribution < -0.4 is 1.33 Å². The highest BCUT2D eigenvalue weighted by molar-refractivity contribution is 14.2. The molecule has 1 aromatic heterocycles. The number of para-hydroxylation sites is 1. The third-order valence-electron chi connectivity index (χ3n) is 3.04. The van der Waals surface area contributed by atoms with Crippen LogP contribution in [-0.2, 0) is 0 Å². The summed E-state index contributed by atoms with van der Waals surface area (Å²) in [4.78, 5) is 4.58. The van der Waals surface area contributed by atoms with E-state index in [0.29, 0.717) is 0 Å². The lowest BCUT2D eigenvalue weighted by Crippen LogP contribution is -1.88. The van der Waals surface area contributed by atoms with E-state index in [4.69, 9.17) is 0 Å². The van der Waals surface area contributed by atoms with E-state index in [1.807, 2.05) is 37.8 Å². The fourth-order valence-corrected chi connectivity index (χ4v) is 3.49. The molecule has 3 aromatic rings. The molecule has 0 saturated carbocycles. The average molecular weight is 530 g/mol. The number of rotatable bonds is 4. The first-order valence-electron chi connectivity index (χ1n) is 6.64. The Morgan fingerprint density at radius 1 is 0.909 bits per heavy atom. The van der Waals surface area contributed by atoms with Crippen molar-refractivity contribution in [2.75, 3.05) is 1.33 Å². The molecule has 0 amide bonds. The zero-order valence-electron chi connectivity index (χ0n) is 11.5. The Bertz CT molecular complexity index is 787. The Balaban J connectivity index is 1.68. The summed E-state index contributed by atoms with van der Waals surface area (Å²) in [6.07, 6.45) is 8.23. The Hall–Kier alpha value is -0.930. The van der Waals surface area contributed by atoms with Crippen molar-refractivity contribution in [1.82, 2.24) is 4.98 Å². The van der Waals surface area contributed by atoms with Crippen molar-refractivity contribution in [3.63, 3.8) is 0 Å². The monoisotopic (exact) mass is 530 g/mol. The van der Waals surface area contributed by atoms with Gasteiger partial charge in [-0.25, -0.2) is 4.98 Å². The number of anilines is 1. The lowest BCUT2D eigenvalue weighted by molar-refractivity contribution is 1.46. The van der Waals surface area contributed by atoms with Crippen molar-refractivity contribution in [3.05, 3.63) is 71.3 Å². The summed E-state index contributed by atoms with van der Waals surface area (Å²) < 4.78 is 3.26. The van der Waals surface area contributed by atoms with E-state index in [1.165, 1.54) is 16.0 Å². The molecule has 0 aliphatic rings. The molecule has 3 rings (SSSR count). The molecule has 0 atom stereocenters. The number of thiazole rings is 1. The van der Waals surface area contributed by atoms with Crippen molar-refractivity contribution in [3.8, 4) is 0 Å². The van der Waals surface area contributed by atoms with Gasteiger partial charge in [0.05, 0.1) is 61.6 Å². The maximum absolute atomic E-state index is 4.58. The van der Waals surface area contributed by atoms with Crippen LogP contribution in [0.15, 0.2) is 60.7 Å². The number of fused-ring (bicyclic) bond motifs is 1. The smallest absolute Gasteiger partial charge is 0.117 e. The minimum atomic E-state index is 1.03. The van der Waals surface area contributed by atoms with E-state index in [2.05, 4.69) is 87.1 Å². The number of halogens is 2. The lowest BCUT2D eigenvalue weighted by Gasteiger charge is -2.06. The van der Waals surface area contributed by atoms with Crippen molar-refractivity contribution >= 4 is 85.1 Å². The third-order valence-corrected chi connectivity index (χ3v) is 5.15. The van der Waals surface area contributed by atoms with Crippen LogP contribution in [0.25, 0.3) is 22.4 Å². The molecule has 0 aliphatic carbocycles. The maximum Gasteiger partial charge on any atom is 0.117 e. The number of nitrogens with zero attached hydrogens (tertiary/aromatic N) is 2. The molecular weight excluding hydrogens is 518 g/mol. The van der Waals surface area contributed by atoms with E-state index in [1.54, 1.807) is 11.3 Å². The van der Waals surface area contributed by atoms with Gasteiger partial charge in [0.15, 0.2) is 0 Å². The first kappa shape index (κ1) is 15.9. The molecule has 2 nitrogen and oxygen atoms in total. The quantitative estimate of drug-likeness (QED) is 0.217. The Kier molecular flexibility index (Phi) is 5.48. The van der Waals surface area contributed by atoms with Crippen LogP contribution in [-0.4, -0.2) is 4.98 Å². The molecule has 0 fully saturated rings. The van der Waals surface area contributed by atoms with Gasteiger partial charge in [-0.1, -0.05) is 42.5 Å². The molecule has 22 heavy (non-hydrogen) atoms. The standard InChI is InChI=1S/C17H12I2N2S/c18-21(19)14-11-9-13(10-12-14)5-1-4-8-17-20-15-6-2-3-7-16(15)22-17/h1-12H/b5-1+,8-4+. The maximum atomic E-state index is 4.58. The van der Waals surface area contributed by atoms with Crippen molar-refractivity contribution in [1.29, 1.82) is 0 Å². The summed E-state index contributed by atoms with van der Waals surface area (Å²) in [6, 6.07) is 16.7. The average Bonchev–Trinajstić information content (AvgIpc) is 2.95. The fourth-order valence-electron chi connectivity index (χ4n) is 1.96. The molecule has 0 unspecified atom stereocenters. The summed E-state index contributed by atoms with van der Waals surface area (Å²) in [5.41, 5.74) is 3.43. The van der Waals surface area contributed by atoms with Crippen molar-refractivity contribution in [2.45, 2.75) is 0 Å². The van der Waals surface area contributed by atoms with Crippen molar-refractivity contribution in [2.24, 2.45) is 0 Å². The van der Waals surface area contributed by atoms with Crippen molar-refractivity contribution < 1.29 is 0 Å². The van der Waals surface area contributed by atoms with E-state index in [0.717, 1.165) is 10.5 Å². The Morgan fingerprint density at radius 2 is 1.64 bits per heavy atom. The van der Waals surface area contributed by atoms with Gasteiger partial charge in [-0.15, -0.1) is 11.3 Å². The molecule has 5 heteroatoms. The number of benzene rings is 2. The van der Waals surface area contributed by atoms with Gasteiger partial charge in [0.1, 0.15) is 5.01 Å². The molecule has 110 valence electrons. The first-order chi connectivity index (χ1) is 10.7. The largest absolute Gasteiger partial charge is 0.255 e. The van der Waals surface area contributed by atoms with Crippen LogP contribution in [0.5, 0.6) is 0 Å². The van der Waals surface area contributed by atoms with Crippen LogP contribution in [0.4, 0.5) is 5.69 Å². The SMILES string of the molecule is IN(I)c1ccc(/C=C/C=C/c2nc3ccccc3s2)cc1. The molecule has 0 radical (unpaired) electrons. The molecule has 0 spiro atoms. The second-order valence-corrected chi connectivity index (χ2v) is 9.40. The Morgan fingerprint density at radius 3 is 2.36 bits per heavy atom. The van der Waals surface area contributed by atoms with Gasteiger partial charge in [-0.2, -0.15) is 0 Å². The molecule has 0 N–H and O–H groups in total. The van der Waals surface area contributed by atoms with Crippen LogP contribution in [0, 0.1) is 0 Å². The Labute approximate surface area is 161 Å². The highest BCUT2D eigenvalue weighted by Gasteiger charge is 1.98. The molecule has 1 heterocycles. The minimum Gasteiger partial charge on any atom is -0.255 e. The van der Waals surface area contributed by atoms with E-state index < -0.39 is 0 Å². The summed E-state index contributed by atoms with van der Waals surface area (Å²) in [7, 11) is 0. The lowest BCUT2D eigenvalue weighted by atomic mass is 10.2. The van der Waals surface area contributed by atoms with Gasteiger partial charge >= 0.3 is 0 Å². The molecular formula is C17H12I2N2S. The molecule has 0 saturated heterocycles.